The molecule has 16 heavy (non-hydrogen) atoms. The Morgan fingerprint density at radius 2 is 1.75 bits per heavy atom. The molecule has 1 fully saturated rings. The maximum atomic E-state index is 11.6. The van der Waals surface area contributed by atoms with E-state index in [-0.39, 0.29) is 11.9 Å². The Morgan fingerprint density at radius 1 is 1.25 bits per heavy atom. The normalized spacial score (nSPS) is 26.9. The Morgan fingerprint density at radius 3 is 2.12 bits per heavy atom. The first-order chi connectivity index (χ1) is 7.30. The van der Waals surface area contributed by atoms with Crippen LogP contribution < -0.4 is 5.32 Å². The molecule has 0 heterocycles. The van der Waals surface area contributed by atoms with Crippen molar-refractivity contribution >= 4 is 5.91 Å². The lowest BCUT2D eigenvalue weighted by Crippen LogP contribution is -2.47. The van der Waals surface area contributed by atoms with E-state index in [0.717, 1.165) is 24.7 Å². The molecule has 1 rings (SSSR count). The largest absolute Gasteiger partial charge is 0.381 e. The lowest BCUT2D eigenvalue weighted by atomic mass is 9.79. The van der Waals surface area contributed by atoms with E-state index in [0.29, 0.717) is 0 Å². The molecule has 3 heteroatoms. The van der Waals surface area contributed by atoms with E-state index in [1.165, 1.54) is 26.7 Å². The highest BCUT2D eigenvalue weighted by atomic mass is 16.3. The van der Waals surface area contributed by atoms with Crippen molar-refractivity contribution in [1.82, 2.24) is 5.32 Å². The van der Waals surface area contributed by atoms with Crippen LogP contribution in [-0.2, 0) is 4.79 Å². The Kier molecular flexibility index (Phi) is 4.36. The van der Waals surface area contributed by atoms with Crippen molar-refractivity contribution in [2.24, 2.45) is 11.8 Å². The van der Waals surface area contributed by atoms with E-state index >= 15 is 0 Å². The topological polar surface area (TPSA) is 49.3 Å². The fourth-order valence-corrected chi connectivity index (χ4v) is 2.29. The van der Waals surface area contributed by atoms with Crippen molar-refractivity contribution in [3.8, 4) is 0 Å². The number of nitrogens with one attached hydrogen (secondary N) is 1. The van der Waals surface area contributed by atoms with E-state index < -0.39 is 5.60 Å². The second-order valence-electron chi connectivity index (χ2n) is 5.89. The van der Waals surface area contributed by atoms with Crippen LogP contribution in [0.1, 0.15) is 53.4 Å². The summed E-state index contributed by atoms with van der Waals surface area (Å²) in [5, 5.41) is 12.5. The van der Waals surface area contributed by atoms with Crippen LogP contribution in [0.5, 0.6) is 0 Å². The van der Waals surface area contributed by atoms with Gasteiger partial charge < -0.3 is 10.4 Å². The van der Waals surface area contributed by atoms with Crippen molar-refractivity contribution in [2.45, 2.75) is 65.0 Å². The van der Waals surface area contributed by atoms with Crippen LogP contribution in [0, 0.1) is 11.8 Å². The molecule has 3 nitrogen and oxygen atoms in total. The third-order valence-corrected chi connectivity index (χ3v) is 3.61. The van der Waals surface area contributed by atoms with Gasteiger partial charge in [0.1, 0.15) is 5.60 Å². The molecule has 0 aliphatic heterocycles. The van der Waals surface area contributed by atoms with Crippen LogP contribution in [0.25, 0.3) is 0 Å². The van der Waals surface area contributed by atoms with E-state index in [2.05, 4.69) is 19.2 Å². The van der Waals surface area contributed by atoms with E-state index in [1.807, 2.05) is 0 Å². The molecular weight excluding hydrogens is 202 g/mol. The molecule has 0 bridgehead atoms. The molecule has 0 aromatic heterocycles. The number of rotatable bonds is 3. The molecule has 1 saturated carbocycles. The van der Waals surface area contributed by atoms with Gasteiger partial charge in [0.05, 0.1) is 0 Å². The molecule has 94 valence electrons. The average Bonchev–Trinajstić information content (AvgIpc) is 2.17. The van der Waals surface area contributed by atoms with Gasteiger partial charge in [-0.05, 0) is 51.4 Å². The number of carbonyl (C=O) groups excluding carboxylic acids is 1. The lowest BCUT2D eigenvalue weighted by molar-refractivity contribution is -0.137. The number of hydrogen-bond donors (Lipinski definition) is 2. The van der Waals surface area contributed by atoms with Gasteiger partial charge in [0.15, 0.2) is 0 Å². The molecule has 0 unspecified atom stereocenters. The molecule has 0 spiro atoms. The van der Waals surface area contributed by atoms with Gasteiger partial charge in [0.25, 0.3) is 5.91 Å². The number of carbonyl (C=O) groups is 1. The second kappa shape index (κ2) is 5.17. The summed E-state index contributed by atoms with van der Waals surface area (Å²) in [5.74, 6) is 1.29. The monoisotopic (exact) mass is 227 g/mol. The summed E-state index contributed by atoms with van der Waals surface area (Å²) in [6.45, 7) is 7.59. The molecular formula is C13H25NO2. The number of aliphatic hydroxyl groups is 1. The van der Waals surface area contributed by atoms with Crippen LogP contribution in [0.15, 0.2) is 0 Å². The van der Waals surface area contributed by atoms with Gasteiger partial charge in [-0.25, -0.2) is 0 Å². The molecule has 0 aromatic rings. The van der Waals surface area contributed by atoms with E-state index in [4.69, 9.17) is 0 Å². The Hall–Kier alpha value is -0.570. The third kappa shape index (κ3) is 3.78. The minimum atomic E-state index is -1.26. The van der Waals surface area contributed by atoms with Crippen LogP contribution in [0.4, 0.5) is 0 Å². The maximum absolute atomic E-state index is 11.6. The Balaban J connectivity index is 2.35. The van der Waals surface area contributed by atoms with Crippen LogP contribution in [0.3, 0.4) is 0 Å². The van der Waals surface area contributed by atoms with Gasteiger partial charge in [0.2, 0.25) is 0 Å². The quantitative estimate of drug-likeness (QED) is 0.775. The molecule has 1 amide bonds. The summed E-state index contributed by atoms with van der Waals surface area (Å²) in [5.41, 5.74) is -1.26. The third-order valence-electron chi connectivity index (χ3n) is 3.61. The number of amides is 1. The predicted molar refractivity (Wildman–Crippen MR) is 65.0 cm³/mol. The summed E-state index contributed by atoms with van der Waals surface area (Å²) in [7, 11) is 0. The van der Waals surface area contributed by atoms with Gasteiger partial charge >= 0.3 is 0 Å². The second-order valence-corrected chi connectivity index (χ2v) is 5.89. The van der Waals surface area contributed by atoms with Gasteiger partial charge in [-0.2, -0.15) is 0 Å². The minimum absolute atomic E-state index is 0.250. The molecule has 0 radical (unpaired) electrons. The summed E-state index contributed by atoms with van der Waals surface area (Å²) in [4.78, 5) is 11.6. The molecule has 1 aliphatic rings. The molecule has 1 aliphatic carbocycles. The summed E-state index contributed by atoms with van der Waals surface area (Å²) in [6, 6.07) is 0.258. The first-order valence-electron chi connectivity index (χ1n) is 6.34. The van der Waals surface area contributed by atoms with Crippen LogP contribution >= 0.6 is 0 Å². The zero-order valence-electron chi connectivity index (χ0n) is 10.9. The van der Waals surface area contributed by atoms with Crippen molar-refractivity contribution in [2.75, 3.05) is 0 Å². The lowest BCUT2D eigenvalue weighted by Gasteiger charge is -2.32. The highest BCUT2D eigenvalue weighted by Crippen LogP contribution is 2.29. The molecule has 2 N–H and O–H groups in total. The van der Waals surface area contributed by atoms with Gasteiger partial charge in [-0.1, -0.05) is 13.8 Å². The van der Waals surface area contributed by atoms with Gasteiger partial charge in [-0.15, -0.1) is 0 Å². The van der Waals surface area contributed by atoms with Gasteiger partial charge in [-0.3, -0.25) is 4.79 Å². The first kappa shape index (κ1) is 13.5. The van der Waals surface area contributed by atoms with Crippen LogP contribution in [0.2, 0.25) is 0 Å². The SMILES string of the molecule is CC(C)[C@H]1CC[C@H](NC(=O)C(C)(C)O)CC1. The van der Waals surface area contributed by atoms with Crippen molar-refractivity contribution in [3.63, 3.8) is 0 Å². The fourth-order valence-electron chi connectivity index (χ4n) is 2.29. The van der Waals surface area contributed by atoms with Crippen molar-refractivity contribution in [3.05, 3.63) is 0 Å². The summed E-state index contributed by atoms with van der Waals surface area (Å²) in [6.07, 6.45) is 4.47. The fraction of sp³-hybridized carbons (Fsp3) is 0.923. The highest BCUT2D eigenvalue weighted by molar-refractivity contribution is 5.84. The van der Waals surface area contributed by atoms with E-state index in [9.17, 15) is 9.90 Å². The standard InChI is InChI=1S/C13H25NO2/c1-9(2)10-5-7-11(8-6-10)14-12(15)13(3,4)16/h9-11,16H,5-8H2,1-4H3,(H,14,15)/t10-,11-. The predicted octanol–water partition coefficient (Wildman–Crippen LogP) is 2.09. The number of hydrogen-bond acceptors (Lipinski definition) is 2. The van der Waals surface area contributed by atoms with Crippen molar-refractivity contribution < 1.29 is 9.90 Å². The highest BCUT2D eigenvalue weighted by Gasteiger charge is 2.29. The molecule has 0 atom stereocenters. The Bertz CT molecular complexity index is 235. The average molecular weight is 227 g/mol. The van der Waals surface area contributed by atoms with Crippen LogP contribution in [-0.4, -0.2) is 22.7 Å². The van der Waals surface area contributed by atoms with E-state index in [1.54, 1.807) is 0 Å². The molecule has 0 saturated heterocycles. The first-order valence-corrected chi connectivity index (χ1v) is 6.34. The summed E-state index contributed by atoms with van der Waals surface area (Å²) >= 11 is 0. The maximum Gasteiger partial charge on any atom is 0.251 e. The summed E-state index contributed by atoms with van der Waals surface area (Å²) < 4.78 is 0. The zero-order chi connectivity index (χ0) is 12.3. The smallest absolute Gasteiger partial charge is 0.251 e. The van der Waals surface area contributed by atoms with Gasteiger partial charge in [0, 0.05) is 6.04 Å². The molecule has 0 aromatic carbocycles. The Labute approximate surface area is 98.6 Å². The van der Waals surface area contributed by atoms with Crippen molar-refractivity contribution in [1.29, 1.82) is 0 Å². The minimum Gasteiger partial charge on any atom is -0.381 e. The zero-order valence-corrected chi connectivity index (χ0v) is 10.9.